The molecule has 0 aliphatic heterocycles. The molecule has 2 amide bonds. The van der Waals surface area contributed by atoms with Gasteiger partial charge in [0, 0.05) is 25.1 Å². The minimum absolute atomic E-state index is 0.0688. The third kappa shape index (κ3) is 4.79. The van der Waals surface area contributed by atoms with E-state index in [0.717, 1.165) is 17.2 Å². The van der Waals surface area contributed by atoms with Gasteiger partial charge in [0.2, 0.25) is 5.91 Å². The number of hydrogen-bond acceptors (Lipinski definition) is 5. The van der Waals surface area contributed by atoms with Gasteiger partial charge in [0.15, 0.2) is 0 Å². The van der Waals surface area contributed by atoms with Crippen LogP contribution in [-0.2, 0) is 16.1 Å². The van der Waals surface area contributed by atoms with Crippen LogP contribution in [0.25, 0.3) is 5.82 Å². The number of nitrogens with zero attached hydrogens (tertiary/aromatic N) is 3. The zero-order chi connectivity index (χ0) is 18.4. The Hall–Kier alpha value is -2.90. The van der Waals surface area contributed by atoms with E-state index in [0.29, 0.717) is 6.54 Å². The molecule has 2 heterocycles. The number of pyridine rings is 1. The lowest BCUT2D eigenvalue weighted by molar-refractivity contribution is -0.124. The fourth-order valence-corrected chi connectivity index (χ4v) is 2.34. The zero-order valence-corrected chi connectivity index (χ0v) is 14.8. The van der Waals surface area contributed by atoms with Gasteiger partial charge in [-0.1, -0.05) is 13.8 Å². The Morgan fingerprint density at radius 3 is 2.64 bits per heavy atom. The normalized spacial score (nSPS) is 11.9. The number of carbonyl (C=O) groups excluding carboxylic acids is 2. The molecule has 0 aliphatic rings. The first kappa shape index (κ1) is 18.4. The smallest absolute Gasteiger partial charge is 0.407 e. The summed E-state index contributed by atoms with van der Waals surface area (Å²) in [5.74, 6) is 1.23. The summed E-state index contributed by atoms with van der Waals surface area (Å²) in [4.78, 5) is 32.2. The van der Waals surface area contributed by atoms with Gasteiger partial charge >= 0.3 is 6.09 Å². The van der Waals surface area contributed by atoms with Gasteiger partial charge in [-0.3, -0.25) is 9.36 Å². The second-order valence-corrected chi connectivity index (χ2v) is 5.94. The van der Waals surface area contributed by atoms with Crippen molar-refractivity contribution in [2.75, 3.05) is 7.11 Å². The van der Waals surface area contributed by atoms with Crippen LogP contribution in [0.15, 0.2) is 30.7 Å². The molecule has 0 radical (unpaired) electrons. The number of methoxy groups -OCH3 is 1. The molecule has 0 saturated heterocycles. The van der Waals surface area contributed by atoms with Crippen LogP contribution in [0.4, 0.5) is 4.79 Å². The molecule has 2 aromatic heterocycles. The van der Waals surface area contributed by atoms with Gasteiger partial charge in [-0.25, -0.2) is 14.8 Å². The summed E-state index contributed by atoms with van der Waals surface area (Å²) in [7, 11) is 1.27. The second-order valence-electron chi connectivity index (χ2n) is 5.94. The number of ether oxygens (including phenoxy) is 1. The Kier molecular flexibility index (Phi) is 6.10. The van der Waals surface area contributed by atoms with E-state index in [1.54, 1.807) is 12.4 Å². The number of rotatable bonds is 6. The lowest BCUT2D eigenvalue weighted by Gasteiger charge is -2.21. The number of aromatic nitrogens is 3. The Morgan fingerprint density at radius 1 is 1.28 bits per heavy atom. The topological polar surface area (TPSA) is 98.1 Å². The number of aryl methyl sites for hydroxylation is 1. The molecule has 2 aromatic rings. The van der Waals surface area contributed by atoms with E-state index in [4.69, 9.17) is 0 Å². The van der Waals surface area contributed by atoms with Gasteiger partial charge in [-0.05, 0) is 30.5 Å². The fourth-order valence-electron chi connectivity index (χ4n) is 2.34. The molecule has 134 valence electrons. The van der Waals surface area contributed by atoms with Crippen LogP contribution in [0.3, 0.4) is 0 Å². The molecule has 0 aromatic carbocycles. The van der Waals surface area contributed by atoms with Gasteiger partial charge in [0.25, 0.3) is 0 Å². The summed E-state index contributed by atoms with van der Waals surface area (Å²) in [6, 6.07) is 3.05. The van der Waals surface area contributed by atoms with Crippen molar-refractivity contribution in [2.45, 2.75) is 33.4 Å². The minimum Gasteiger partial charge on any atom is -0.453 e. The molecule has 0 saturated carbocycles. The fraction of sp³-hybridized carbons (Fsp3) is 0.412. The van der Waals surface area contributed by atoms with Gasteiger partial charge < -0.3 is 15.4 Å². The average molecular weight is 345 g/mol. The molecule has 8 heteroatoms. The molecule has 25 heavy (non-hydrogen) atoms. The number of carbonyl (C=O) groups is 2. The standard InChI is InChI=1S/C17H23N5O3/c1-11(2)15(21-17(24)25-4)16(23)20-10-13-5-6-19-14(9-13)22-8-7-18-12(22)3/h5-9,11,15H,10H2,1-4H3,(H,20,23)(H,21,24)/t15-/m0/s1. The quantitative estimate of drug-likeness (QED) is 0.828. The highest BCUT2D eigenvalue weighted by molar-refractivity contribution is 5.85. The first-order chi connectivity index (χ1) is 11.9. The van der Waals surface area contributed by atoms with E-state index in [2.05, 4.69) is 25.3 Å². The van der Waals surface area contributed by atoms with Crippen molar-refractivity contribution < 1.29 is 14.3 Å². The van der Waals surface area contributed by atoms with Crippen LogP contribution in [0.2, 0.25) is 0 Å². The molecule has 8 nitrogen and oxygen atoms in total. The van der Waals surface area contributed by atoms with E-state index in [1.807, 2.05) is 43.7 Å². The number of amides is 2. The van der Waals surface area contributed by atoms with Crippen molar-refractivity contribution in [3.05, 3.63) is 42.1 Å². The summed E-state index contributed by atoms with van der Waals surface area (Å²) in [5, 5.41) is 5.38. The summed E-state index contributed by atoms with van der Waals surface area (Å²) in [6.07, 6.45) is 4.59. The molecule has 1 atom stereocenters. The molecule has 0 unspecified atom stereocenters. The lowest BCUT2D eigenvalue weighted by Crippen LogP contribution is -2.49. The van der Waals surface area contributed by atoms with Gasteiger partial charge in [-0.2, -0.15) is 0 Å². The first-order valence-electron chi connectivity index (χ1n) is 7.99. The maximum Gasteiger partial charge on any atom is 0.407 e. The molecule has 2 N–H and O–H groups in total. The summed E-state index contributed by atoms with van der Waals surface area (Å²) in [6.45, 7) is 5.93. The Balaban J connectivity index is 2.04. The van der Waals surface area contributed by atoms with Crippen molar-refractivity contribution in [3.8, 4) is 5.82 Å². The summed E-state index contributed by atoms with van der Waals surface area (Å²) in [5.41, 5.74) is 0.895. The van der Waals surface area contributed by atoms with Crippen LogP contribution in [0, 0.1) is 12.8 Å². The van der Waals surface area contributed by atoms with Crippen LogP contribution >= 0.6 is 0 Å². The van der Waals surface area contributed by atoms with Crippen LogP contribution in [-0.4, -0.2) is 39.7 Å². The predicted octanol–water partition coefficient (Wildman–Crippen LogP) is 1.57. The third-order valence-corrected chi connectivity index (χ3v) is 3.76. The highest BCUT2D eigenvalue weighted by Crippen LogP contribution is 2.10. The van der Waals surface area contributed by atoms with Crippen molar-refractivity contribution >= 4 is 12.0 Å². The molecule has 0 bridgehead atoms. The number of nitrogens with one attached hydrogen (secondary N) is 2. The SMILES string of the molecule is COC(=O)N[C@H](C(=O)NCc1ccnc(-n2ccnc2C)c1)C(C)C. The predicted molar refractivity (Wildman–Crippen MR) is 92.1 cm³/mol. The Labute approximate surface area is 146 Å². The van der Waals surface area contributed by atoms with E-state index in [-0.39, 0.29) is 11.8 Å². The third-order valence-electron chi connectivity index (χ3n) is 3.76. The molecular formula is C17H23N5O3. The van der Waals surface area contributed by atoms with Crippen molar-refractivity contribution in [1.82, 2.24) is 25.2 Å². The summed E-state index contributed by atoms with van der Waals surface area (Å²) >= 11 is 0. The van der Waals surface area contributed by atoms with Crippen LogP contribution < -0.4 is 10.6 Å². The van der Waals surface area contributed by atoms with Gasteiger partial charge in [0.1, 0.15) is 17.7 Å². The van der Waals surface area contributed by atoms with Crippen LogP contribution in [0.5, 0.6) is 0 Å². The van der Waals surface area contributed by atoms with E-state index >= 15 is 0 Å². The van der Waals surface area contributed by atoms with E-state index in [1.165, 1.54) is 7.11 Å². The lowest BCUT2D eigenvalue weighted by atomic mass is 10.0. The second kappa shape index (κ2) is 8.27. The first-order valence-corrected chi connectivity index (χ1v) is 7.99. The minimum atomic E-state index is -0.662. The Bertz CT molecular complexity index is 741. The largest absolute Gasteiger partial charge is 0.453 e. The molecule has 0 spiro atoms. The number of alkyl carbamates (subject to hydrolysis) is 1. The molecule has 2 rings (SSSR count). The zero-order valence-electron chi connectivity index (χ0n) is 14.8. The van der Waals surface area contributed by atoms with Crippen LogP contribution in [0.1, 0.15) is 25.2 Å². The van der Waals surface area contributed by atoms with Gasteiger partial charge in [-0.15, -0.1) is 0 Å². The van der Waals surface area contributed by atoms with Crippen molar-refractivity contribution in [1.29, 1.82) is 0 Å². The van der Waals surface area contributed by atoms with E-state index < -0.39 is 12.1 Å². The molecular weight excluding hydrogens is 322 g/mol. The van der Waals surface area contributed by atoms with E-state index in [9.17, 15) is 9.59 Å². The highest BCUT2D eigenvalue weighted by atomic mass is 16.5. The maximum atomic E-state index is 12.4. The maximum absolute atomic E-state index is 12.4. The molecule has 0 fully saturated rings. The van der Waals surface area contributed by atoms with Crippen molar-refractivity contribution in [3.63, 3.8) is 0 Å². The Morgan fingerprint density at radius 2 is 2.04 bits per heavy atom. The monoisotopic (exact) mass is 345 g/mol. The van der Waals surface area contributed by atoms with Gasteiger partial charge in [0.05, 0.1) is 7.11 Å². The average Bonchev–Trinajstić information content (AvgIpc) is 3.03. The summed E-state index contributed by atoms with van der Waals surface area (Å²) < 4.78 is 6.43. The number of imidazole rings is 1. The molecule has 0 aliphatic carbocycles. The van der Waals surface area contributed by atoms with Crippen molar-refractivity contribution in [2.24, 2.45) is 5.92 Å². The highest BCUT2D eigenvalue weighted by Gasteiger charge is 2.24. The number of hydrogen-bond donors (Lipinski definition) is 2.